The maximum Gasteiger partial charge on any atom is 0.287 e. The number of carbonyl (C=O) groups excluding carboxylic acids is 1. The molecule has 15 heavy (non-hydrogen) atoms. The van der Waals surface area contributed by atoms with Gasteiger partial charge in [0.2, 0.25) is 0 Å². The van der Waals surface area contributed by atoms with E-state index in [1.807, 2.05) is 20.8 Å². The summed E-state index contributed by atoms with van der Waals surface area (Å²) in [6, 6.07) is 0. The highest BCUT2D eigenvalue weighted by Gasteiger charge is 2.26. The van der Waals surface area contributed by atoms with Gasteiger partial charge in [-0.15, -0.1) is 0 Å². The summed E-state index contributed by atoms with van der Waals surface area (Å²) in [6.07, 6.45) is 0. The number of hydrogen-bond donors (Lipinski definition) is 1. The second-order valence-corrected chi connectivity index (χ2v) is 4.82. The average Bonchev–Trinajstić information content (AvgIpc) is 2.39. The van der Waals surface area contributed by atoms with Crippen LogP contribution in [0.25, 0.3) is 0 Å². The maximum absolute atomic E-state index is 11.5. The third-order valence-electron chi connectivity index (χ3n) is 2.19. The summed E-state index contributed by atoms with van der Waals surface area (Å²) in [6.45, 7) is 6.09. The van der Waals surface area contributed by atoms with Crippen LogP contribution in [0.4, 0.5) is 0 Å². The normalized spacial score (nSPS) is 11.6. The lowest BCUT2D eigenvalue weighted by Gasteiger charge is -2.19. The highest BCUT2D eigenvalue weighted by molar-refractivity contribution is 6.30. The molecule has 0 saturated carbocycles. The molecular weight excluding hydrogens is 214 g/mol. The number of aromatic nitrogens is 2. The maximum atomic E-state index is 11.5. The fourth-order valence-electron chi connectivity index (χ4n) is 1.59. The minimum atomic E-state index is -0.227. The van der Waals surface area contributed by atoms with E-state index < -0.39 is 0 Å². The van der Waals surface area contributed by atoms with E-state index in [1.54, 1.807) is 18.7 Å². The fraction of sp³-hybridized carbons (Fsp3) is 0.600. The van der Waals surface area contributed by atoms with Crippen molar-refractivity contribution in [3.05, 3.63) is 16.7 Å². The van der Waals surface area contributed by atoms with Crippen molar-refractivity contribution < 1.29 is 4.79 Å². The molecule has 0 fully saturated rings. The molecule has 0 saturated heterocycles. The minimum Gasteiger partial charge on any atom is -0.352 e. The smallest absolute Gasteiger partial charge is 0.287 e. The molecule has 0 aromatic carbocycles. The van der Waals surface area contributed by atoms with Crippen LogP contribution in [0.2, 0.25) is 5.15 Å². The third kappa shape index (κ3) is 2.15. The van der Waals surface area contributed by atoms with Crippen molar-refractivity contribution in [1.29, 1.82) is 0 Å². The summed E-state index contributed by atoms with van der Waals surface area (Å²) in [5, 5.41) is 2.93. The largest absolute Gasteiger partial charge is 0.352 e. The van der Waals surface area contributed by atoms with Gasteiger partial charge in [0.25, 0.3) is 5.91 Å². The van der Waals surface area contributed by atoms with Crippen LogP contribution in [-0.4, -0.2) is 22.5 Å². The first-order valence-electron chi connectivity index (χ1n) is 4.73. The van der Waals surface area contributed by atoms with Gasteiger partial charge in [-0.05, 0) is 0 Å². The van der Waals surface area contributed by atoms with Gasteiger partial charge in [0.05, 0.1) is 5.69 Å². The molecule has 5 heteroatoms. The van der Waals surface area contributed by atoms with Crippen LogP contribution in [0, 0.1) is 0 Å². The molecule has 0 radical (unpaired) electrons. The highest BCUT2D eigenvalue weighted by Crippen LogP contribution is 2.29. The van der Waals surface area contributed by atoms with E-state index in [-0.39, 0.29) is 11.3 Å². The zero-order chi connectivity index (χ0) is 11.8. The van der Waals surface area contributed by atoms with Gasteiger partial charge in [0, 0.05) is 19.5 Å². The summed E-state index contributed by atoms with van der Waals surface area (Å²) in [7, 11) is 3.37. The highest BCUT2D eigenvalue weighted by atomic mass is 35.5. The van der Waals surface area contributed by atoms with Crippen molar-refractivity contribution in [1.82, 2.24) is 14.9 Å². The first-order valence-corrected chi connectivity index (χ1v) is 5.11. The number of amides is 1. The van der Waals surface area contributed by atoms with E-state index in [9.17, 15) is 4.79 Å². The van der Waals surface area contributed by atoms with E-state index >= 15 is 0 Å². The molecule has 0 aliphatic carbocycles. The molecule has 0 aliphatic heterocycles. The van der Waals surface area contributed by atoms with E-state index in [0.29, 0.717) is 11.0 Å². The van der Waals surface area contributed by atoms with Crippen molar-refractivity contribution in [2.75, 3.05) is 7.05 Å². The zero-order valence-electron chi connectivity index (χ0n) is 9.68. The van der Waals surface area contributed by atoms with Crippen LogP contribution in [-0.2, 0) is 12.5 Å². The lowest BCUT2D eigenvalue weighted by Crippen LogP contribution is -2.24. The van der Waals surface area contributed by atoms with Crippen molar-refractivity contribution >= 4 is 17.5 Å². The molecule has 1 aromatic rings. The topological polar surface area (TPSA) is 46.9 Å². The summed E-state index contributed by atoms with van der Waals surface area (Å²) >= 11 is 6.02. The molecule has 1 rings (SSSR count). The molecule has 84 valence electrons. The Morgan fingerprint density at radius 2 is 2.00 bits per heavy atom. The molecule has 1 aromatic heterocycles. The number of nitrogens with one attached hydrogen (secondary N) is 1. The predicted octanol–water partition coefficient (Wildman–Crippen LogP) is 1.73. The first-order chi connectivity index (χ1) is 6.79. The fourth-order valence-corrected chi connectivity index (χ4v) is 2.08. The van der Waals surface area contributed by atoms with Crippen LogP contribution in [0.3, 0.4) is 0 Å². The van der Waals surface area contributed by atoms with E-state index in [1.165, 1.54) is 0 Å². The summed E-state index contributed by atoms with van der Waals surface area (Å²) in [5.41, 5.74) is 0.730. The van der Waals surface area contributed by atoms with Crippen LogP contribution in [0.15, 0.2) is 0 Å². The van der Waals surface area contributed by atoms with Crippen molar-refractivity contribution in [2.45, 2.75) is 26.2 Å². The van der Waals surface area contributed by atoms with E-state index in [0.717, 1.165) is 5.69 Å². The molecular formula is C10H16ClN3O. The number of carbonyl (C=O) groups is 1. The average molecular weight is 230 g/mol. The Morgan fingerprint density at radius 3 is 2.33 bits per heavy atom. The SMILES string of the molecule is CNC(=O)c1nc(Cl)c(C(C)(C)C)n1C. The Hall–Kier alpha value is -1.03. The number of imidazole rings is 1. The molecule has 0 spiro atoms. The predicted molar refractivity (Wildman–Crippen MR) is 60.3 cm³/mol. The molecule has 0 atom stereocenters. The van der Waals surface area contributed by atoms with Gasteiger partial charge in [0.15, 0.2) is 11.0 Å². The Bertz CT molecular complexity index is 390. The van der Waals surface area contributed by atoms with Gasteiger partial charge in [0.1, 0.15) is 0 Å². The Labute approximate surface area is 94.6 Å². The monoisotopic (exact) mass is 229 g/mol. The number of hydrogen-bond acceptors (Lipinski definition) is 2. The van der Waals surface area contributed by atoms with Gasteiger partial charge in [-0.3, -0.25) is 4.79 Å². The van der Waals surface area contributed by atoms with E-state index in [2.05, 4.69) is 10.3 Å². The molecule has 0 aliphatic rings. The summed E-state index contributed by atoms with van der Waals surface area (Å²) in [5.74, 6) is 0.113. The minimum absolute atomic E-state index is 0.134. The zero-order valence-corrected chi connectivity index (χ0v) is 10.4. The molecule has 0 bridgehead atoms. The number of nitrogens with zero attached hydrogens (tertiary/aromatic N) is 2. The standard InChI is InChI=1S/C10H16ClN3O/c1-10(2,3)6-7(11)13-8(14(6)5)9(15)12-4/h1-5H3,(H,12,15). The molecule has 0 unspecified atom stereocenters. The van der Waals surface area contributed by atoms with Crippen LogP contribution >= 0.6 is 11.6 Å². The van der Waals surface area contributed by atoms with Gasteiger partial charge in [-0.1, -0.05) is 32.4 Å². The Morgan fingerprint density at radius 1 is 1.47 bits per heavy atom. The van der Waals surface area contributed by atoms with Crippen molar-refractivity contribution in [2.24, 2.45) is 7.05 Å². The molecule has 1 N–H and O–H groups in total. The second-order valence-electron chi connectivity index (χ2n) is 4.46. The van der Waals surface area contributed by atoms with Crippen LogP contribution < -0.4 is 5.32 Å². The van der Waals surface area contributed by atoms with Crippen LogP contribution in [0.1, 0.15) is 37.1 Å². The van der Waals surface area contributed by atoms with E-state index in [4.69, 9.17) is 11.6 Å². The quantitative estimate of drug-likeness (QED) is 0.797. The summed E-state index contributed by atoms with van der Waals surface area (Å²) < 4.78 is 1.74. The first kappa shape index (κ1) is 12.0. The lowest BCUT2D eigenvalue weighted by atomic mass is 9.92. The van der Waals surface area contributed by atoms with Gasteiger partial charge < -0.3 is 9.88 Å². The number of rotatable bonds is 1. The third-order valence-corrected chi connectivity index (χ3v) is 2.46. The molecule has 1 amide bonds. The van der Waals surface area contributed by atoms with Gasteiger partial charge >= 0.3 is 0 Å². The Kier molecular flexibility index (Phi) is 3.09. The van der Waals surface area contributed by atoms with Gasteiger partial charge in [-0.2, -0.15) is 0 Å². The van der Waals surface area contributed by atoms with Crippen LogP contribution in [0.5, 0.6) is 0 Å². The number of halogens is 1. The summed E-state index contributed by atoms with van der Waals surface area (Å²) in [4.78, 5) is 15.5. The lowest BCUT2D eigenvalue weighted by molar-refractivity contribution is 0.0949. The Balaban J connectivity index is 3.33. The molecule has 4 nitrogen and oxygen atoms in total. The van der Waals surface area contributed by atoms with Crippen molar-refractivity contribution in [3.63, 3.8) is 0 Å². The van der Waals surface area contributed by atoms with Crippen molar-refractivity contribution in [3.8, 4) is 0 Å². The second kappa shape index (κ2) is 3.85. The van der Waals surface area contributed by atoms with Gasteiger partial charge in [-0.25, -0.2) is 4.98 Å². The molecule has 1 heterocycles.